The highest BCUT2D eigenvalue weighted by Gasteiger charge is 2.15. The molecule has 2 aromatic heterocycles. The van der Waals surface area contributed by atoms with Crippen LogP contribution in [-0.4, -0.2) is 19.7 Å². The second kappa shape index (κ2) is 8.01. The summed E-state index contributed by atoms with van der Waals surface area (Å²) >= 11 is 14.1. The molecule has 124 valence electrons. The van der Waals surface area contributed by atoms with Gasteiger partial charge in [-0.25, -0.2) is 0 Å². The van der Waals surface area contributed by atoms with E-state index >= 15 is 0 Å². The van der Waals surface area contributed by atoms with Crippen molar-refractivity contribution in [2.75, 3.05) is 0 Å². The average Bonchev–Trinajstić information content (AvgIpc) is 2.98. The van der Waals surface area contributed by atoms with E-state index in [-0.39, 0.29) is 0 Å². The van der Waals surface area contributed by atoms with Crippen LogP contribution in [0.1, 0.15) is 18.9 Å². The van der Waals surface area contributed by atoms with Crippen LogP contribution in [0.5, 0.6) is 0 Å². The van der Waals surface area contributed by atoms with Crippen LogP contribution < -0.4 is 0 Å². The minimum atomic E-state index is 0.650. The van der Waals surface area contributed by atoms with Crippen LogP contribution in [0.4, 0.5) is 0 Å². The monoisotopic (exact) mass is 378 g/mol. The molecule has 3 aromatic rings. The molecule has 0 aliphatic carbocycles. The van der Waals surface area contributed by atoms with Crippen molar-refractivity contribution in [3.05, 3.63) is 58.3 Å². The van der Waals surface area contributed by atoms with Gasteiger partial charge in [-0.1, -0.05) is 48.0 Å². The van der Waals surface area contributed by atoms with Gasteiger partial charge in [-0.15, -0.1) is 10.2 Å². The summed E-state index contributed by atoms with van der Waals surface area (Å²) in [5.74, 6) is 1.50. The van der Waals surface area contributed by atoms with Crippen LogP contribution in [0.15, 0.2) is 47.9 Å². The highest BCUT2D eigenvalue weighted by molar-refractivity contribution is 7.98. The van der Waals surface area contributed by atoms with Crippen LogP contribution >= 0.6 is 35.0 Å². The van der Waals surface area contributed by atoms with Crippen LogP contribution in [0.2, 0.25) is 10.0 Å². The lowest BCUT2D eigenvalue weighted by Gasteiger charge is -2.10. The largest absolute Gasteiger partial charge is 0.302 e. The zero-order valence-electron chi connectivity index (χ0n) is 13.1. The van der Waals surface area contributed by atoms with Crippen LogP contribution in [-0.2, 0) is 12.3 Å². The maximum absolute atomic E-state index is 6.25. The van der Waals surface area contributed by atoms with E-state index < -0.39 is 0 Å². The molecule has 0 radical (unpaired) electrons. The summed E-state index contributed by atoms with van der Waals surface area (Å²) in [4.78, 5) is 4.06. The molecule has 3 rings (SSSR count). The third-order valence-electron chi connectivity index (χ3n) is 3.51. The molecule has 0 aliphatic heterocycles. The molecule has 0 fully saturated rings. The van der Waals surface area contributed by atoms with Gasteiger partial charge >= 0.3 is 0 Å². The van der Waals surface area contributed by atoms with Crippen LogP contribution in [0, 0.1) is 0 Å². The number of aromatic nitrogens is 4. The molecule has 1 aromatic carbocycles. The molecule has 0 unspecified atom stereocenters. The maximum Gasteiger partial charge on any atom is 0.191 e. The van der Waals surface area contributed by atoms with Crippen molar-refractivity contribution >= 4 is 35.0 Å². The van der Waals surface area contributed by atoms with Crippen LogP contribution in [0.3, 0.4) is 0 Å². The number of nitrogens with zero attached hydrogens (tertiary/aromatic N) is 4. The number of hydrogen-bond donors (Lipinski definition) is 0. The van der Waals surface area contributed by atoms with E-state index in [0.29, 0.717) is 15.8 Å². The zero-order chi connectivity index (χ0) is 16.9. The molecule has 4 nitrogen and oxygen atoms in total. The maximum atomic E-state index is 6.25. The Labute approximate surface area is 155 Å². The van der Waals surface area contributed by atoms with E-state index in [2.05, 4.69) is 26.7 Å². The Morgan fingerprint density at radius 1 is 1.04 bits per heavy atom. The molecule has 0 spiro atoms. The van der Waals surface area contributed by atoms with Crippen molar-refractivity contribution in [3.8, 4) is 11.4 Å². The molecule has 7 heteroatoms. The van der Waals surface area contributed by atoms with E-state index in [1.807, 2.05) is 30.3 Å². The summed E-state index contributed by atoms with van der Waals surface area (Å²) in [5.41, 5.74) is 1.93. The fourth-order valence-electron chi connectivity index (χ4n) is 2.34. The number of thioether (sulfide) groups is 1. The van der Waals surface area contributed by atoms with E-state index in [4.69, 9.17) is 23.2 Å². The number of hydrogen-bond acceptors (Lipinski definition) is 4. The third kappa shape index (κ3) is 3.74. The minimum absolute atomic E-state index is 0.650. The topological polar surface area (TPSA) is 43.6 Å². The predicted molar refractivity (Wildman–Crippen MR) is 99.6 cm³/mol. The van der Waals surface area contributed by atoms with Crippen molar-refractivity contribution < 1.29 is 0 Å². The molecule has 0 saturated carbocycles. The second-order valence-electron chi connectivity index (χ2n) is 5.18. The number of rotatable bonds is 6. The van der Waals surface area contributed by atoms with Crippen molar-refractivity contribution in [1.82, 2.24) is 19.7 Å². The van der Waals surface area contributed by atoms with Gasteiger partial charge in [-0.2, -0.15) is 0 Å². The van der Waals surface area contributed by atoms with Gasteiger partial charge in [-0.05, 0) is 36.2 Å². The molecular formula is C17H16Cl2N4S. The van der Waals surface area contributed by atoms with Crippen LogP contribution in [0.25, 0.3) is 11.4 Å². The Morgan fingerprint density at radius 2 is 1.75 bits per heavy atom. The van der Waals surface area contributed by atoms with Crippen molar-refractivity contribution in [1.29, 1.82) is 0 Å². The first-order valence-electron chi connectivity index (χ1n) is 7.60. The summed E-state index contributed by atoms with van der Waals surface area (Å²) in [7, 11) is 0. The highest BCUT2D eigenvalue weighted by Crippen LogP contribution is 2.32. The zero-order valence-corrected chi connectivity index (χ0v) is 15.4. The third-order valence-corrected chi connectivity index (χ3v) is 5.21. The fourth-order valence-corrected chi connectivity index (χ4v) is 4.05. The molecule has 0 aliphatic rings. The molecule has 0 bridgehead atoms. The van der Waals surface area contributed by atoms with E-state index in [9.17, 15) is 0 Å². The number of benzene rings is 1. The second-order valence-corrected chi connectivity index (χ2v) is 6.94. The average molecular weight is 379 g/mol. The van der Waals surface area contributed by atoms with Crippen molar-refractivity contribution in [2.45, 2.75) is 30.8 Å². The fraction of sp³-hybridized carbons (Fsp3) is 0.235. The smallest absolute Gasteiger partial charge is 0.191 e. The first kappa shape index (κ1) is 17.3. The first-order valence-corrected chi connectivity index (χ1v) is 9.34. The molecule has 0 atom stereocenters. The lowest BCUT2D eigenvalue weighted by molar-refractivity contribution is 0.626. The van der Waals surface area contributed by atoms with Gasteiger partial charge in [0.15, 0.2) is 11.0 Å². The molecule has 24 heavy (non-hydrogen) atoms. The normalized spacial score (nSPS) is 11.0. The Morgan fingerprint density at radius 3 is 2.42 bits per heavy atom. The summed E-state index contributed by atoms with van der Waals surface area (Å²) in [5, 5.41) is 10.9. The quantitative estimate of drug-likeness (QED) is 0.542. The summed E-state index contributed by atoms with van der Waals surface area (Å²) in [6.45, 7) is 2.99. The molecule has 0 N–H and O–H groups in total. The lowest BCUT2D eigenvalue weighted by Crippen LogP contribution is -2.02. The molecule has 0 saturated heterocycles. The SMILES string of the molecule is CCCn1c(SCc2c(Cl)cccc2Cl)nnc1-c1ccncc1. The molecule has 2 heterocycles. The molecule has 0 amide bonds. The Hall–Kier alpha value is -1.56. The van der Waals surface area contributed by atoms with Gasteiger partial charge in [0.05, 0.1) is 0 Å². The summed E-state index contributed by atoms with van der Waals surface area (Å²) in [6.07, 6.45) is 4.52. The van der Waals surface area contributed by atoms with Gasteiger partial charge < -0.3 is 4.57 Å². The lowest BCUT2D eigenvalue weighted by atomic mass is 10.2. The van der Waals surface area contributed by atoms with Gasteiger partial charge in [0, 0.05) is 40.3 Å². The number of halogens is 2. The van der Waals surface area contributed by atoms with E-state index in [0.717, 1.165) is 35.1 Å². The Kier molecular flexibility index (Phi) is 5.76. The van der Waals surface area contributed by atoms with Gasteiger partial charge in [0.2, 0.25) is 0 Å². The predicted octanol–water partition coefficient (Wildman–Crippen LogP) is 5.35. The number of pyridine rings is 1. The Bertz CT molecular complexity index is 800. The van der Waals surface area contributed by atoms with Crippen molar-refractivity contribution in [3.63, 3.8) is 0 Å². The van der Waals surface area contributed by atoms with Gasteiger partial charge in [0.25, 0.3) is 0 Å². The van der Waals surface area contributed by atoms with E-state index in [1.165, 1.54) is 0 Å². The van der Waals surface area contributed by atoms with E-state index in [1.54, 1.807) is 24.2 Å². The molecular weight excluding hydrogens is 363 g/mol. The minimum Gasteiger partial charge on any atom is -0.302 e. The Balaban J connectivity index is 1.87. The van der Waals surface area contributed by atoms with Gasteiger partial charge in [0.1, 0.15) is 0 Å². The first-order chi connectivity index (χ1) is 11.7. The summed E-state index contributed by atoms with van der Waals surface area (Å²) in [6, 6.07) is 9.43. The standard InChI is InChI=1S/C17H16Cl2N4S/c1-2-10-23-16(12-6-8-20-9-7-12)21-22-17(23)24-11-13-14(18)4-3-5-15(13)19/h3-9H,2,10-11H2,1H3. The highest BCUT2D eigenvalue weighted by atomic mass is 35.5. The summed E-state index contributed by atoms with van der Waals surface area (Å²) < 4.78 is 2.13. The van der Waals surface area contributed by atoms with Crippen molar-refractivity contribution in [2.24, 2.45) is 0 Å². The van der Waals surface area contributed by atoms with Gasteiger partial charge in [-0.3, -0.25) is 4.98 Å².